The van der Waals surface area contributed by atoms with Gasteiger partial charge in [-0.25, -0.2) is 0 Å². The zero-order valence-electron chi connectivity index (χ0n) is 15.4. The van der Waals surface area contributed by atoms with Crippen molar-refractivity contribution in [1.29, 1.82) is 0 Å². The maximum absolute atomic E-state index is 13.2. The first kappa shape index (κ1) is 16.1. The van der Waals surface area contributed by atoms with Crippen LogP contribution >= 0.6 is 0 Å². The molecule has 2 aliphatic heterocycles. The molecule has 2 bridgehead atoms. The molecule has 0 aromatic heterocycles. The number of carbonyl (C=O) groups is 1. The molecular weight excluding hydrogens is 300 g/mol. The Morgan fingerprint density at radius 3 is 2.71 bits per heavy atom. The van der Waals surface area contributed by atoms with Crippen LogP contribution < -0.4 is 4.74 Å². The standard InChI is InChI=1S/C21H28O3/c1-12(2)13-8-14-15(9-16(13)23-5)21-11-24-17(14)10-18(21)20(3,4)7-6-19(21)22/h8-9,12,17-18H,6-7,10-11H2,1-5H3/t17-,18+,21-/m0/s1. The van der Waals surface area contributed by atoms with E-state index in [4.69, 9.17) is 9.47 Å². The van der Waals surface area contributed by atoms with Crippen LogP contribution in [0.1, 0.15) is 75.7 Å². The van der Waals surface area contributed by atoms with Gasteiger partial charge in [-0.2, -0.15) is 0 Å². The zero-order chi connectivity index (χ0) is 17.3. The fourth-order valence-electron chi connectivity index (χ4n) is 5.44. The van der Waals surface area contributed by atoms with Crippen molar-refractivity contribution in [3.63, 3.8) is 0 Å². The van der Waals surface area contributed by atoms with Gasteiger partial charge in [0.25, 0.3) is 0 Å². The number of fused-ring (bicyclic) bond motifs is 1. The van der Waals surface area contributed by atoms with Crippen LogP contribution in [0.5, 0.6) is 5.75 Å². The van der Waals surface area contributed by atoms with Crippen LogP contribution in [0, 0.1) is 11.3 Å². The molecule has 2 heterocycles. The Hall–Kier alpha value is -1.35. The van der Waals surface area contributed by atoms with Gasteiger partial charge in [0.05, 0.1) is 25.2 Å². The Balaban J connectivity index is 1.96. The van der Waals surface area contributed by atoms with Crippen LogP contribution in [0.15, 0.2) is 12.1 Å². The summed E-state index contributed by atoms with van der Waals surface area (Å²) in [5.74, 6) is 2.04. The van der Waals surface area contributed by atoms with Gasteiger partial charge in [0.15, 0.2) is 0 Å². The van der Waals surface area contributed by atoms with Gasteiger partial charge in [0.1, 0.15) is 11.5 Å². The summed E-state index contributed by atoms with van der Waals surface area (Å²) >= 11 is 0. The zero-order valence-corrected chi connectivity index (χ0v) is 15.4. The molecule has 3 atom stereocenters. The minimum absolute atomic E-state index is 0.125. The molecule has 24 heavy (non-hydrogen) atoms. The highest BCUT2D eigenvalue weighted by Crippen LogP contribution is 2.62. The predicted octanol–water partition coefficient (Wildman–Crippen LogP) is 4.54. The highest BCUT2D eigenvalue weighted by atomic mass is 16.5. The van der Waals surface area contributed by atoms with Gasteiger partial charge in [-0.3, -0.25) is 4.79 Å². The van der Waals surface area contributed by atoms with Crippen LogP contribution in [-0.2, 0) is 14.9 Å². The van der Waals surface area contributed by atoms with Gasteiger partial charge in [-0.15, -0.1) is 0 Å². The molecule has 1 spiro atoms. The van der Waals surface area contributed by atoms with Gasteiger partial charge >= 0.3 is 0 Å². The van der Waals surface area contributed by atoms with Crippen molar-refractivity contribution in [3.05, 3.63) is 28.8 Å². The van der Waals surface area contributed by atoms with Gasteiger partial charge in [-0.05, 0) is 58.9 Å². The fourth-order valence-corrected chi connectivity index (χ4v) is 5.44. The largest absolute Gasteiger partial charge is 0.496 e. The van der Waals surface area contributed by atoms with Crippen molar-refractivity contribution >= 4 is 5.78 Å². The Bertz CT molecular complexity index is 703. The summed E-state index contributed by atoms with van der Waals surface area (Å²) in [6.07, 6.45) is 2.74. The number of rotatable bonds is 2. The highest BCUT2D eigenvalue weighted by Gasteiger charge is 2.62. The average Bonchev–Trinajstić information content (AvgIpc) is 2.57. The Labute approximate surface area is 144 Å². The molecule has 1 saturated heterocycles. The third-order valence-electron chi connectivity index (χ3n) is 6.85. The van der Waals surface area contributed by atoms with Crippen LogP contribution in [0.4, 0.5) is 0 Å². The number of hydrogen-bond acceptors (Lipinski definition) is 3. The first-order valence-corrected chi connectivity index (χ1v) is 9.18. The molecule has 0 radical (unpaired) electrons. The van der Waals surface area contributed by atoms with Crippen LogP contribution in [0.2, 0.25) is 0 Å². The normalized spacial score (nSPS) is 33.3. The maximum Gasteiger partial charge on any atom is 0.146 e. The molecule has 5 rings (SSSR count). The lowest BCUT2D eigenvalue weighted by Gasteiger charge is -2.59. The Morgan fingerprint density at radius 2 is 2.04 bits per heavy atom. The summed E-state index contributed by atoms with van der Waals surface area (Å²) < 4.78 is 11.9. The molecule has 2 aliphatic carbocycles. The minimum Gasteiger partial charge on any atom is -0.496 e. The molecule has 1 saturated carbocycles. The third kappa shape index (κ3) is 1.91. The molecule has 0 N–H and O–H groups in total. The minimum atomic E-state index is -0.464. The van der Waals surface area contributed by atoms with Gasteiger partial charge < -0.3 is 9.47 Å². The van der Waals surface area contributed by atoms with Crippen molar-refractivity contribution in [2.75, 3.05) is 13.7 Å². The van der Waals surface area contributed by atoms with E-state index >= 15 is 0 Å². The average molecular weight is 328 g/mol. The number of Topliss-reactive ketones (excluding diaryl/α,β-unsaturated/α-hetero) is 1. The van der Waals surface area contributed by atoms with Crippen LogP contribution in [0.3, 0.4) is 0 Å². The second kappa shape index (κ2) is 5.08. The summed E-state index contributed by atoms with van der Waals surface area (Å²) in [6.45, 7) is 9.56. The van der Waals surface area contributed by atoms with E-state index in [2.05, 4.69) is 39.8 Å². The number of ether oxygens (including phenoxy) is 2. The maximum atomic E-state index is 13.2. The summed E-state index contributed by atoms with van der Waals surface area (Å²) in [5, 5.41) is 0. The lowest BCUT2D eigenvalue weighted by Crippen LogP contribution is -2.61. The van der Waals surface area contributed by atoms with Crippen molar-refractivity contribution in [2.45, 2.75) is 64.4 Å². The molecule has 3 heteroatoms. The van der Waals surface area contributed by atoms with E-state index in [9.17, 15) is 4.79 Å². The molecule has 0 amide bonds. The van der Waals surface area contributed by atoms with Crippen molar-refractivity contribution in [3.8, 4) is 5.75 Å². The molecular formula is C21H28O3. The smallest absolute Gasteiger partial charge is 0.146 e. The quantitative estimate of drug-likeness (QED) is 0.800. The van der Waals surface area contributed by atoms with E-state index in [1.807, 2.05) is 0 Å². The third-order valence-corrected chi connectivity index (χ3v) is 6.85. The van der Waals surface area contributed by atoms with E-state index < -0.39 is 5.41 Å². The molecule has 0 unspecified atom stereocenters. The molecule has 4 aliphatic rings. The number of methoxy groups -OCH3 is 1. The van der Waals surface area contributed by atoms with Gasteiger partial charge in [0, 0.05) is 6.42 Å². The SMILES string of the molecule is COc1cc2c(cc1C(C)C)[C@@H]1C[C@@H]3C(C)(C)CCC(=O)[C@@]23CO1. The monoisotopic (exact) mass is 328 g/mol. The van der Waals surface area contributed by atoms with E-state index in [0.29, 0.717) is 30.6 Å². The van der Waals surface area contributed by atoms with Crippen LogP contribution in [-0.4, -0.2) is 19.5 Å². The second-order valence-corrected chi connectivity index (χ2v) is 8.81. The van der Waals surface area contributed by atoms with Crippen molar-refractivity contribution in [2.24, 2.45) is 11.3 Å². The topological polar surface area (TPSA) is 35.5 Å². The van der Waals surface area contributed by atoms with Gasteiger partial charge in [-0.1, -0.05) is 27.7 Å². The lowest BCUT2D eigenvalue weighted by atomic mass is 9.47. The highest BCUT2D eigenvalue weighted by molar-refractivity contribution is 5.93. The van der Waals surface area contributed by atoms with Gasteiger partial charge in [0.2, 0.25) is 0 Å². The summed E-state index contributed by atoms with van der Waals surface area (Å²) in [5.41, 5.74) is 3.34. The van der Waals surface area contributed by atoms with Crippen molar-refractivity contribution in [1.82, 2.24) is 0 Å². The fraction of sp³-hybridized carbons (Fsp3) is 0.667. The van der Waals surface area contributed by atoms with E-state index in [1.165, 1.54) is 16.7 Å². The van der Waals surface area contributed by atoms with Crippen molar-refractivity contribution < 1.29 is 14.3 Å². The number of benzene rings is 1. The molecule has 1 aromatic rings. The summed E-state index contributed by atoms with van der Waals surface area (Å²) in [6, 6.07) is 4.40. The number of carbonyl (C=O) groups excluding carboxylic acids is 1. The van der Waals surface area contributed by atoms with E-state index in [-0.39, 0.29) is 11.5 Å². The molecule has 1 aromatic carbocycles. The van der Waals surface area contributed by atoms with E-state index in [0.717, 1.165) is 18.6 Å². The second-order valence-electron chi connectivity index (χ2n) is 8.81. The first-order valence-electron chi connectivity index (χ1n) is 9.18. The molecule has 3 nitrogen and oxygen atoms in total. The number of ketones is 1. The summed E-state index contributed by atoms with van der Waals surface area (Å²) in [7, 11) is 1.73. The first-order chi connectivity index (χ1) is 11.3. The number of hydrogen-bond donors (Lipinski definition) is 0. The molecule has 2 fully saturated rings. The molecule has 130 valence electrons. The summed E-state index contributed by atoms with van der Waals surface area (Å²) in [4.78, 5) is 13.2. The Kier molecular flexibility index (Phi) is 3.41. The Morgan fingerprint density at radius 1 is 1.29 bits per heavy atom. The lowest BCUT2D eigenvalue weighted by molar-refractivity contribution is -0.162. The predicted molar refractivity (Wildman–Crippen MR) is 93.6 cm³/mol. The van der Waals surface area contributed by atoms with Crippen LogP contribution in [0.25, 0.3) is 0 Å². The van der Waals surface area contributed by atoms with E-state index in [1.54, 1.807) is 7.11 Å².